The van der Waals surface area contributed by atoms with Gasteiger partial charge in [0, 0.05) is 25.0 Å². The van der Waals surface area contributed by atoms with Crippen LogP contribution in [0.3, 0.4) is 0 Å². The third-order valence-electron chi connectivity index (χ3n) is 4.35. The van der Waals surface area contributed by atoms with E-state index in [4.69, 9.17) is 4.74 Å². The fraction of sp³-hybridized carbons (Fsp3) is 0.600. The van der Waals surface area contributed by atoms with E-state index in [0.717, 1.165) is 17.7 Å². The maximum atomic E-state index is 12.1. The summed E-state index contributed by atoms with van der Waals surface area (Å²) >= 11 is 0. The van der Waals surface area contributed by atoms with Gasteiger partial charge in [-0.3, -0.25) is 4.98 Å². The first-order chi connectivity index (χ1) is 11.7. The first-order valence-electron chi connectivity index (χ1n) is 8.96. The number of hydrogen-bond acceptors (Lipinski definition) is 4. The molecule has 2 rings (SSSR count). The molecule has 0 aromatic carbocycles. The van der Waals surface area contributed by atoms with Gasteiger partial charge in [0.15, 0.2) is 0 Å². The Kier molecular flexibility index (Phi) is 6.22. The van der Waals surface area contributed by atoms with Gasteiger partial charge < -0.3 is 14.7 Å². The SMILES string of the molecule is Cc1cc(C=CCCC2(O)CCN(C(=O)OC(C)(C)C)CC2)ccn1. The van der Waals surface area contributed by atoms with Gasteiger partial charge >= 0.3 is 6.09 Å². The Morgan fingerprint density at radius 3 is 2.68 bits per heavy atom. The topological polar surface area (TPSA) is 62.7 Å². The second-order valence-corrected chi connectivity index (χ2v) is 7.86. The molecule has 1 aliphatic rings. The van der Waals surface area contributed by atoms with Crippen LogP contribution in [0, 0.1) is 6.92 Å². The lowest BCUT2D eigenvalue weighted by Gasteiger charge is -2.38. The van der Waals surface area contributed by atoms with E-state index in [2.05, 4.69) is 17.1 Å². The fourth-order valence-electron chi connectivity index (χ4n) is 2.92. The quantitative estimate of drug-likeness (QED) is 0.897. The number of aliphatic hydroxyl groups is 1. The number of ether oxygens (including phenoxy) is 1. The van der Waals surface area contributed by atoms with Gasteiger partial charge in [-0.1, -0.05) is 12.2 Å². The van der Waals surface area contributed by atoms with Crippen molar-refractivity contribution in [3.8, 4) is 0 Å². The normalized spacial score (nSPS) is 17.7. The molecule has 0 radical (unpaired) electrons. The van der Waals surface area contributed by atoms with E-state index in [1.807, 2.05) is 39.8 Å². The lowest BCUT2D eigenvalue weighted by molar-refractivity contribution is -0.0359. The number of rotatable bonds is 4. The number of likely N-dealkylation sites (tertiary alicyclic amines) is 1. The van der Waals surface area contributed by atoms with Crippen LogP contribution >= 0.6 is 0 Å². The summed E-state index contributed by atoms with van der Waals surface area (Å²) in [6.07, 6.45) is 8.36. The Morgan fingerprint density at radius 1 is 1.40 bits per heavy atom. The van der Waals surface area contributed by atoms with E-state index < -0.39 is 11.2 Å². The van der Waals surface area contributed by atoms with E-state index in [9.17, 15) is 9.90 Å². The zero-order valence-corrected chi connectivity index (χ0v) is 15.8. The molecule has 1 aromatic rings. The van der Waals surface area contributed by atoms with Crippen molar-refractivity contribution < 1.29 is 14.6 Å². The summed E-state index contributed by atoms with van der Waals surface area (Å²) in [7, 11) is 0. The van der Waals surface area contributed by atoms with Crippen molar-refractivity contribution in [1.29, 1.82) is 0 Å². The molecule has 5 nitrogen and oxygen atoms in total. The predicted octanol–water partition coefficient (Wildman–Crippen LogP) is 3.95. The van der Waals surface area contributed by atoms with Gasteiger partial charge in [-0.2, -0.15) is 0 Å². The Labute approximate surface area is 150 Å². The second kappa shape index (κ2) is 8.00. The Morgan fingerprint density at radius 2 is 2.08 bits per heavy atom. The average Bonchev–Trinajstić information content (AvgIpc) is 2.51. The molecule has 25 heavy (non-hydrogen) atoms. The number of allylic oxidation sites excluding steroid dienone is 1. The van der Waals surface area contributed by atoms with Gasteiger partial charge in [0.1, 0.15) is 5.60 Å². The van der Waals surface area contributed by atoms with Crippen LogP contribution in [0.15, 0.2) is 24.4 Å². The van der Waals surface area contributed by atoms with E-state index in [-0.39, 0.29) is 6.09 Å². The highest BCUT2D eigenvalue weighted by atomic mass is 16.6. The number of carbonyl (C=O) groups is 1. The third kappa shape index (κ3) is 6.50. The monoisotopic (exact) mass is 346 g/mol. The first-order valence-corrected chi connectivity index (χ1v) is 8.96. The van der Waals surface area contributed by atoms with Crippen LogP contribution in [0.4, 0.5) is 4.79 Å². The highest BCUT2D eigenvalue weighted by Crippen LogP contribution is 2.28. The molecule has 0 bridgehead atoms. The fourth-order valence-corrected chi connectivity index (χ4v) is 2.92. The summed E-state index contributed by atoms with van der Waals surface area (Å²) in [6, 6.07) is 4.00. The molecule has 0 atom stereocenters. The summed E-state index contributed by atoms with van der Waals surface area (Å²) in [5, 5.41) is 10.7. The molecule has 1 amide bonds. The lowest BCUT2D eigenvalue weighted by atomic mass is 9.87. The van der Waals surface area contributed by atoms with E-state index >= 15 is 0 Å². The molecular formula is C20H30N2O3. The van der Waals surface area contributed by atoms with Gasteiger partial charge in [-0.15, -0.1) is 0 Å². The molecule has 0 saturated carbocycles. The van der Waals surface area contributed by atoms with Crippen molar-refractivity contribution >= 4 is 12.2 Å². The summed E-state index contributed by atoms with van der Waals surface area (Å²) in [4.78, 5) is 17.9. The van der Waals surface area contributed by atoms with Crippen LogP contribution < -0.4 is 0 Å². The van der Waals surface area contributed by atoms with Crippen LogP contribution in [0.5, 0.6) is 0 Å². The third-order valence-corrected chi connectivity index (χ3v) is 4.35. The van der Waals surface area contributed by atoms with Gasteiger partial charge in [0.25, 0.3) is 0 Å². The van der Waals surface area contributed by atoms with Crippen molar-refractivity contribution in [3.63, 3.8) is 0 Å². The van der Waals surface area contributed by atoms with Crippen molar-refractivity contribution in [1.82, 2.24) is 9.88 Å². The van der Waals surface area contributed by atoms with Crippen molar-refractivity contribution in [3.05, 3.63) is 35.7 Å². The number of aromatic nitrogens is 1. The van der Waals surface area contributed by atoms with Gasteiger partial charge in [0.2, 0.25) is 0 Å². The molecule has 1 aliphatic heterocycles. The van der Waals surface area contributed by atoms with Crippen molar-refractivity contribution in [2.75, 3.05) is 13.1 Å². The number of pyridine rings is 1. The summed E-state index contributed by atoms with van der Waals surface area (Å²) < 4.78 is 5.39. The van der Waals surface area contributed by atoms with Gasteiger partial charge in [-0.25, -0.2) is 4.79 Å². The van der Waals surface area contributed by atoms with Gasteiger partial charge in [-0.05, 0) is 71.1 Å². The second-order valence-electron chi connectivity index (χ2n) is 7.86. The standard InChI is InChI=1S/C20H30N2O3/c1-16-15-17(8-12-21-16)7-5-6-9-20(24)10-13-22(14-11-20)18(23)25-19(2,3)4/h5,7-8,12,15,24H,6,9-11,13-14H2,1-4H3. The Bertz CT molecular complexity index is 612. The molecule has 1 fully saturated rings. The molecular weight excluding hydrogens is 316 g/mol. The van der Waals surface area contributed by atoms with Crippen LogP contribution in [-0.4, -0.2) is 45.4 Å². The number of nitrogens with zero attached hydrogens (tertiary/aromatic N) is 2. The minimum atomic E-state index is -0.697. The highest BCUT2D eigenvalue weighted by molar-refractivity contribution is 5.68. The summed E-state index contributed by atoms with van der Waals surface area (Å²) in [6.45, 7) is 8.64. The average molecular weight is 346 g/mol. The number of aryl methyl sites for hydroxylation is 1. The maximum Gasteiger partial charge on any atom is 0.410 e. The molecule has 0 aliphatic carbocycles. The minimum absolute atomic E-state index is 0.289. The molecule has 1 N–H and O–H groups in total. The molecule has 2 heterocycles. The van der Waals surface area contributed by atoms with E-state index in [1.54, 1.807) is 11.1 Å². The largest absolute Gasteiger partial charge is 0.444 e. The van der Waals surface area contributed by atoms with Crippen LogP contribution in [-0.2, 0) is 4.74 Å². The maximum absolute atomic E-state index is 12.1. The number of carbonyl (C=O) groups excluding carboxylic acids is 1. The smallest absolute Gasteiger partial charge is 0.410 e. The molecule has 0 unspecified atom stereocenters. The van der Waals surface area contributed by atoms with Crippen molar-refractivity contribution in [2.45, 2.75) is 64.6 Å². The molecule has 0 spiro atoms. The summed E-state index contributed by atoms with van der Waals surface area (Å²) in [5.74, 6) is 0. The molecule has 138 valence electrons. The van der Waals surface area contributed by atoms with Gasteiger partial charge in [0.05, 0.1) is 5.60 Å². The zero-order valence-electron chi connectivity index (χ0n) is 15.8. The number of amides is 1. The minimum Gasteiger partial charge on any atom is -0.444 e. The van der Waals surface area contributed by atoms with E-state index in [0.29, 0.717) is 32.4 Å². The summed E-state index contributed by atoms with van der Waals surface area (Å²) in [5.41, 5.74) is 0.937. The molecule has 5 heteroatoms. The lowest BCUT2D eigenvalue weighted by Crippen LogP contribution is -2.48. The van der Waals surface area contributed by atoms with Crippen LogP contribution in [0.2, 0.25) is 0 Å². The number of hydrogen-bond donors (Lipinski definition) is 1. The van der Waals surface area contributed by atoms with Crippen molar-refractivity contribution in [2.24, 2.45) is 0 Å². The van der Waals surface area contributed by atoms with E-state index in [1.165, 1.54) is 0 Å². The predicted molar refractivity (Wildman–Crippen MR) is 99.2 cm³/mol. The Hall–Kier alpha value is -1.88. The highest BCUT2D eigenvalue weighted by Gasteiger charge is 2.34. The molecule has 1 saturated heterocycles. The zero-order chi connectivity index (χ0) is 18.5. The molecule has 1 aromatic heterocycles. The van der Waals surface area contributed by atoms with Crippen LogP contribution in [0.1, 0.15) is 57.7 Å². The van der Waals surface area contributed by atoms with Crippen LogP contribution in [0.25, 0.3) is 6.08 Å². The number of piperidine rings is 1. The Balaban J connectivity index is 1.77. The first kappa shape index (κ1) is 19.4.